The van der Waals surface area contributed by atoms with Crippen LogP contribution < -0.4 is 10.1 Å². The van der Waals surface area contributed by atoms with E-state index >= 15 is 0 Å². The Bertz CT molecular complexity index is 934. The standard InChI is InChI=1S/C23H20ClNO2/c1-17-7-11-20(24)15-22(17)25-23(26)14-10-18-8-12-21(13-9-18)27-16-19-5-3-2-4-6-19/h2-15H,16H2,1H3,(H,25,26). The summed E-state index contributed by atoms with van der Waals surface area (Å²) in [5.74, 6) is 0.583. The first-order valence-electron chi connectivity index (χ1n) is 8.62. The van der Waals surface area contributed by atoms with Gasteiger partial charge in [-0.2, -0.15) is 0 Å². The van der Waals surface area contributed by atoms with Crippen LogP contribution in [-0.2, 0) is 11.4 Å². The highest BCUT2D eigenvalue weighted by atomic mass is 35.5. The number of hydrogen-bond donors (Lipinski definition) is 1. The Balaban J connectivity index is 1.55. The average molecular weight is 378 g/mol. The molecule has 0 aliphatic carbocycles. The van der Waals surface area contributed by atoms with Crippen LogP contribution in [0, 0.1) is 6.92 Å². The molecule has 3 aromatic carbocycles. The molecule has 0 aromatic heterocycles. The number of halogens is 1. The van der Waals surface area contributed by atoms with Gasteiger partial charge in [0.25, 0.3) is 0 Å². The van der Waals surface area contributed by atoms with E-state index in [9.17, 15) is 4.79 Å². The maximum absolute atomic E-state index is 12.1. The van der Waals surface area contributed by atoms with Crippen LogP contribution in [0.25, 0.3) is 6.08 Å². The fraction of sp³-hybridized carbons (Fsp3) is 0.0870. The first-order chi connectivity index (χ1) is 13.1. The van der Waals surface area contributed by atoms with E-state index in [0.29, 0.717) is 17.3 Å². The summed E-state index contributed by atoms with van der Waals surface area (Å²) >= 11 is 5.97. The molecule has 4 heteroatoms. The molecule has 3 aromatic rings. The van der Waals surface area contributed by atoms with Gasteiger partial charge in [0, 0.05) is 16.8 Å². The van der Waals surface area contributed by atoms with Gasteiger partial charge in [0.1, 0.15) is 12.4 Å². The first kappa shape index (κ1) is 18.7. The lowest BCUT2D eigenvalue weighted by Crippen LogP contribution is -2.08. The van der Waals surface area contributed by atoms with E-state index in [2.05, 4.69) is 5.32 Å². The van der Waals surface area contributed by atoms with Gasteiger partial charge < -0.3 is 10.1 Å². The Morgan fingerprint density at radius 2 is 1.78 bits per heavy atom. The van der Waals surface area contributed by atoms with Gasteiger partial charge in [0.2, 0.25) is 5.91 Å². The molecule has 136 valence electrons. The van der Waals surface area contributed by atoms with Crippen molar-refractivity contribution in [2.24, 2.45) is 0 Å². The molecule has 0 bridgehead atoms. The quantitative estimate of drug-likeness (QED) is 0.545. The third-order valence-electron chi connectivity index (χ3n) is 4.01. The fourth-order valence-electron chi connectivity index (χ4n) is 2.49. The molecule has 0 radical (unpaired) electrons. The van der Waals surface area contributed by atoms with Crippen molar-refractivity contribution in [1.29, 1.82) is 0 Å². The lowest BCUT2D eigenvalue weighted by molar-refractivity contribution is -0.111. The average Bonchev–Trinajstić information content (AvgIpc) is 2.69. The highest BCUT2D eigenvalue weighted by molar-refractivity contribution is 6.31. The highest BCUT2D eigenvalue weighted by Gasteiger charge is 2.03. The van der Waals surface area contributed by atoms with Crippen molar-refractivity contribution in [1.82, 2.24) is 0 Å². The van der Waals surface area contributed by atoms with Gasteiger partial charge in [-0.05, 0) is 54.0 Å². The topological polar surface area (TPSA) is 38.3 Å². The number of amides is 1. The van der Waals surface area contributed by atoms with Crippen LogP contribution in [0.1, 0.15) is 16.7 Å². The normalized spacial score (nSPS) is 10.7. The van der Waals surface area contributed by atoms with Gasteiger partial charge in [-0.15, -0.1) is 0 Å². The number of aryl methyl sites for hydroxylation is 1. The molecule has 3 rings (SSSR count). The van der Waals surface area contributed by atoms with Crippen molar-refractivity contribution >= 4 is 29.3 Å². The highest BCUT2D eigenvalue weighted by Crippen LogP contribution is 2.20. The predicted molar refractivity (Wildman–Crippen MR) is 111 cm³/mol. The Hall–Kier alpha value is -3.04. The van der Waals surface area contributed by atoms with E-state index in [1.807, 2.05) is 67.6 Å². The van der Waals surface area contributed by atoms with Crippen molar-refractivity contribution in [3.63, 3.8) is 0 Å². The van der Waals surface area contributed by atoms with Gasteiger partial charge in [-0.25, -0.2) is 0 Å². The molecule has 0 saturated heterocycles. The number of carbonyl (C=O) groups is 1. The minimum absolute atomic E-state index is 0.204. The number of ether oxygens (including phenoxy) is 1. The first-order valence-corrected chi connectivity index (χ1v) is 9.00. The van der Waals surface area contributed by atoms with E-state index < -0.39 is 0 Å². The van der Waals surface area contributed by atoms with Crippen molar-refractivity contribution in [2.75, 3.05) is 5.32 Å². The Kier molecular flexibility index (Phi) is 6.29. The summed E-state index contributed by atoms with van der Waals surface area (Å²) in [5, 5.41) is 3.43. The van der Waals surface area contributed by atoms with Crippen LogP contribution in [0.4, 0.5) is 5.69 Å². The predicted octanol–water partition coefficient (Wildman–Crippen LogP) is 5.88. The summed E-state index contributed by atoms with van der Waals surface area (Å²) in [7, 11) is 0. The number of benzene rings is 3. The third kappa shape index (κ3) is 5.73. The smallest absolute Gasteiger partial charge is 0.248 e. The van der Waals surface area contributed by atoms with Gasteiger partial charge in [-0.3, -0.25) is 4.79 Å². The lowest BCUT2D eigenvalue weighted by Gasteiger charge is -2.07. The van der Waals surface area contributed by atoms with E-state index in [0.717, 1.165) is 22.4 Å². The van der Waals surface area contributed by atoms with Gasteiger partial charge in [0.15, 0.2) is 0 Å². The van der Waals surface area contributed by atoms with Crippen molar-refractivity contribution in [2.45, 2.75) is 13.5 Å². The maximum atomic E-state index is 12.1. The van der Waals surface area contributed by atoms with Crippen LogP contribution in [0.2, 0.25) is 5.02 Å². The Morgan fingerprint density at radius 3 is 2.52 bits per heavy atom. The van der Waals surface area contributed by atoms with Crippen molar-refractivity contribution < 1.29 is 9.53 Å². The van der Waals surface area contributed by atoms with Crippen LogP contribution in [0.5, 0.6) is 5.75 Å². The van der Waals surface area contributed by atoms with Gasteiger partial charge >= 0.3 is 0 Å². The molecule has 1 N–H and O–H groups in total. The zero-order valence-corrected chi connectivity index (χ0v) is 15.7. The Morgan fingerprint density at radius 1 is 1.04 bits per heavy atom. The molecular formula is C23H20ClNO2. The van der Waals surface area contributed by atoms with E-state index in [-0.39, 0.29) is 5.91 Å². The second kappa shape index (κ2) is 9.06. The van der Waals surface area contributed by atoms with Crippen molar-refractivity contribution in [3.05, 3.63) is 101 Å². The van der Waals surface area contributed by atoms with E-state index in [1.165, 1.54) is 6.08 Å². The number of anilines is 1. The summed E-state index contributed by atoms with van der Waals surface area (Å²) in [6.07, 6.45) is 3.26. The van der Waals surface area contributed by atoms with Crippen LogP contribution in [0.15, 0.2) is 78.9 Å². The third-order valence-corrected chi connectivity index (χ3v) is 4.25. The van der Waals surface area contributed by atoms with Crippen LogP contribution >= 0.6 is 11.6 Å². The van der Waals surface area contributed by atoms with Crippen LogP contribution in [0.3, 0.4) is 0 Å². The molecule has 0 aliphatic rings. The molecule has 0 atom stereocenters. The summed E-state index contributed by atoms with van der Waals surface area (Å²) in [6, 6.07) is 23.0. The summed E-state index contributed by atoms with van der Waals surface area (Å²) < 4.78 is 5.76. The molecule has 0 unspecified atom stereocenters. The minimum Gasteiger partial charge on any atom is -0.489 e. The SMILES string of the molecule is Cc1ccc(Cl)cc1NC(=O)C=Cc1ccc(OCc2ccccc2)cc1. The number of nitrogens with one attached hydrogen (secondary N) is 1. The molecule has 27 heavy (non-hydrogen) atoms. The summed E-state index contributed by atoms with van der Waals surface area (Å²) in [5.41, 5.74) is 3.71. The summed E-state index contributed by atoms with van der Waals surface area (Å²) in [4.78, 5) is 12.1. The van der Waals surface area contributed by atoms with E-state index in [1.54, 1.807) is 18.2 Å². The molecule has 1 amide bonds. The van der Waals surface area contributed by atoms with Crippen molar-refractivity contribution in [3.8, 4) is 5.75 Å². The summed E-state index contributed by atoms with van der Waals surface area (Å²) in [6.45, 7) is 2.45. The zero-order chi connectivity index (χ0) is 19.1. The zero-order valence-electron chi connectivity index (χ0n) is 15.0. The molecule has 0 saturated carbocycles. The molecule has 0 heterocycles. The maximum Gasteiger partial charge on any atom is 0.248 e. The molecule has 0 aliphatic heterocycles. The molecule has 3 nitrogen and oxygen atoms in total. The van der Waals surface area contributed by atoms with Gasteiger partial charge in [0.05, 0.1) is 0 Å². The monoisotopic (exact) mass is 377 g/mol. The lowest BCUT2D eigenvalue weighted by atomic mass is 10.2. The van der Waals surface area contributed by atoms with Crippen LogP contribution in [-0.4, -0.2) is 5.91 Å². The van der Waals surface area contributed by atoms with E-state index in [4.69, 9.17) is 16.3 Å². The Labute approximate surface area is 164 Å². The fourth-order valence-corrected chi connectivity index (χ4v) is 2.66. The molecular weight excluding hydrogens is 358 g/mol. The van der Waals surface area contributed by atoms with Gasteiger partial charge in [-0.1, -0.05) is 60.1 Å². The second-order valence-corrected chi connectivity index (χ2v) is 6.56. The molecule has 0 fully saturated rings. The number of carbonyl (C=O) groups excluding carboxylic acids is 1. The number of hydrogen-bond acceptors (Lipinski definition) is 2. The molecule has 0 spiro atoms. The minimum atomic E-state index is -0.204. The largest absolute Gasteiger partial charge is 0.489 e. The second-order valence-electron chi connectivity index (χ2n) is 6.13. The number of rotatable bonds is 6.